The molecule has 1 aliphatic heterocycles. The summed E-state index contributed by atoms with van der Waals surface area (Å²) in [4.78, 5) is 40.0. The van der Waals surface area contributed by atoms with E-state index in [2.05, 4.69) is 10.7 Å². The summed E-state index contributed by atoms with van der Waals surface area (Å²) in [5, 5.41) is 4.32. The minimum atomic E-state index is -1.11. The van der Waals surface area contributed by atoms with Gasteiger partial charge in [-0.05, 0) is 72.9 Å². The summed E-state index contributed by atoms with van der Waals surface area (Å²) in [7, 11) is 0. The van der Waals surface area contributed by atoms with E-state index in [0.717, 1.165) is 4.90 Å². The molecule has 1 aliphatic rings. The van der Waals surface area contributed by atoms with Crippen molar-refractivity contribution in [3.05, 3.63) is 95.3 Å². The summed E-state index contributed by atoms with van der Waals surface area (Å²) in [6, 6.07) is 19.0. The largest absolute Gasteiger partial charge is 0.326 e. The van der Waals surface area contributed by atoms with Crippen LogP contribution >= 0.6 is 23.8 Å². The normalized spacial score (nSPS) is 15.4. The van der Waals surface area contributed by atoms with Crippen molar-refractivity contribution in [2.75, 3.05) is 10.2 Å². The number of halogens is 2. The van der Waals surface area contributed by atoms with Gasteiger partial charge in [0.15, 0.2) is 0 Å². The van der Waals surface area contributed by atoms with Gasteiger partial charge < -0.3 is 5.32 Å². The standard InChI is InChI=1S/C24H18ClFN4O3S/c25-16-8-6-15(7-9-16)22(32)28-30-20(14-21(31)27-18-4-2-1-3-5-18)23(33)29(24(30)34)19-12-10-17(26)11-13-19/h1-13,20H,14H2,(H,27,31)(H,28,32). The number of carbonyl (C=O) groups excluding carboxylic acids is 3. The predicted molar refractivity (Wildman–Crippen MR) is 131 cm³/mol. The maximum atomic E-state index is 13.4. The van der Waals surface area contributed by atoms with Crippen molar-refractivity contribution in [2.45, 2.75) is 12.5 Å². The van der Waals surface area contributed by atoms with Crippen molar-refractivity contribution in [1.29, 1.82) is 0 Å². The number of nitrogens with zero attached hydrogens (tertiary/aromatic N) is 2. The molecule has 34 heavy (non-hydrogen) atoms. The van der Waals surface area contributed by atoms with Gasteiger partial charge in [-0.25, -0.2) is 9.40 Å². The second-order valence-electron chi connectivity index (χ2n) is 7.38. The Hall–Kier alpha value is -3.82. The number of benzene rings is 3. The molecule has 4 rings (SSSR count). The number of carbonyl (C=O) groups is 3. The van der Waals surface area contributed by atoms with Crippen LogP contribution in [0.2, 0.25) is 5.02 Å². The lowest BCUT2D eigenvalue weighted by molar-refractivity contribution is -0.124. The molecule has 0 saturated carbocycles. The number of para-hydroxylation sites is 1. The number of amides is 3. The molecule has 3 aromatic rings. The summed E-state index contributed by atoms with van der Waals surface area (Å²) in [6.07, 6.45) is -0.285. The van der Waals surface area contributed by atoms with Crippen LogP contribution in [-0.2, 0) is 9.59 Å². The number of thiocarbonyl (C=S) groups is 1. The molecule has 0 aromatic heterocycles. The van der Waals surface area contributed by atoms with Gasteiger partial charge in [-0.1, -0.05) is 29.8 Å². The van der Waals surface area contributed by atoms with Gasteiger partial charge in [0.05, 0.1) is 12.1 Å². The molecular weight excluding hydrogens is 479 g/mol. The third-order valence-corrected chi connectivity index (χ3v) is 5.70. The highest BCUT2D eigenvalue weighted by Crippen LogP contribution is 2.27. The van der Waals surface area contributed by atoms with Crippen LogP contribution in [0.4, 0.5) is 15.8 Å². The maximum Gasteiger partial charge on any atom is 0.269 e. The fourth-order valence-electron chi connectivity index (χ4n) is 3.41. The Kier molecular flexibility index (Phi) is 6.85. The lowest BCUT2D eigenvalue weighted by Gasteiger charge is -2.24. The van der Waals surface area contributed by atoms with E-state index in [4.69, 9.17) is 23.8 Å². The summed E-state index contributed by atoms with van der Waals surface area (Å²) in [5.74, 6) is -2.00. The number of anilines is 2. The van der Waals surface area contributed by atoms with E-state index in [1.807, 2.05) is 6.07 Å². The van der Waals surface area contributed by atoms with Gasteiger partial charge in [0.1, 0.15) is 11.9 Å². The first kappa shape index (κ1) is 23.3. The van der Waals surface area contributed by atoms with E-state index in [-0.39, 0.29) is 17.1 Å². The molecule has 1 fully saturated rings. The van der Waals surface area contributed by atoms with E-state index in [1.165, 1.54) is 41.4 Å². The molecule has 3 aromatic carbocycles. The molecule has 0 radical (unpaired) electrons. The van der Waals surface area contributed by atoms with Crippen LogP contribution in [0.5, 0.6) is 0 Å². The van der Waals surface area contributed by atoms with E-state index in [9.17, 15) is 18.8 Å². The molecule has 1 atom stereocenters. The quantitative estimate of drug-likeness (QED) is 0.501. The minimum absolute atomic E-state index is 0.0450. The van der Waals surface area contributed by atoms with E-state index in [1.54, 1.807) is 36.4 Å². The van der Waals surface area contributed by atoms with Crippen LogP contribution in [0.3, 0.4) is 0 Å². The number of hydrogen-bond donors (Lipinski definition) is 2. The molecule has 1 unspecified atom stereocenters. The summed E-state index contributed by atoms with van der Waals surface area (Å²) in [6.45, 7) is 0. The molecule has 172 valence electrons. The van der Waals surface area contributed by atoms with Crippen molar-refractivity contribution in [1.82, 2.24) is 10.4 Å². The lowest BCUT2D eigenvalue weighted by Crippen LogP contribution is -2.49. The van der Waals surface area contributed by atoms with Gasteiger partial charge in [-0.3, -0.25) is 24.7 Å². The minimum Gasteiger partial charge on any atom is -0.326 e. The van der Waals surface area contributed by atoms with Gasteiger partial charge in [0, 0.05) is 16.3 Å². The average molecular weight is 497 g/mol. The maximum absolute atomic E-state index is 13.4. The Morgan fingerprint density at radius 2 is 1.62 bits per heavy atom. The van der Waals surface area contributed by atoms with Crippen LogP contribution in [0.25, 0.3) is 0 Å². The van der Waals surface area contributed by atoms with E-state index >= 15 is 0 Å². The van der Waals surface area contributed by atoms with Crippen LogP contribution in [0, 0.1) is 5.82 Å². The van der Waals surface area contributed by atoms with E-state index in [0.29, 0.717) is 16.4 Å². The summed E-state index contributed by atoms with van der Waals surface area (Å²) in [5.41, 5.74) is 3.78. The summed E-state index contributed by atoms with van der Waals surface area (Å²) < 4.78 is 13.4. The Labute approximate surface area is 205 Å². The first-order valence-electron chi connectivity index (χ1n) is 10.2. The molecule has 1 saturated heterocycles. The zero-order chi connectivity index (χ0) is 24.2. The molecule has 1 heterocycles. The monoisotopic (exact) mass is 496 g/mol. The Morgan fingerprint density at radius 3 is 2.26 bits per heavy atom. The average Bonchev–Trinajstić information content (AvgIpc) is 3.04. The topological polar surface area (TPSA) is 81.8 Å². The molecular formula is C24H18ClFN4O3S. The van der Waals surface area contributed by atoms with Crippen LogP contribution in [-0.4, -0.2) is 33.9 Å². The molecule has 0 aliphatic carbocycles. The second kappa shape index (κ2) is 9.98. The molecule has 2 N–H and O–H groups in total. The van der Waals surface area contributed by atoms with Crippen LogP contribution < -0.4 is 15.6 Å². The number of nitrogens with one attached hydrogen (secondary N) is 2. The van der Waals surface area contributed by atoms with Gasteiger partial charge in [0.25, 0.3) is 11.8 Å². The van der Waals surface area contributed by atoms with Crippen molar-refractivity contribution >= 4 is 58.0 Å². The Morgan fingerprint density at radius 1 is 0.971 bits per heavy atom. The van der Waals surface area contributed by atoms with Gasteiger partial charge in [-0.2, -0.15) is 0 Å². The fourth-order valence-corrected chi connectivity index (χ4v) is 3.91. The van der Waals surface area contributed by atoms with Gasteiger partial charge in [0.2, 0.25) is 11.0 Å². The highest BCUT2D eigenvalue weighted by Gasteiger charge is 2.45. The first-order chi connectivity index (χ1) is 16.3. The number of hydrazine groups is 1. The molecule has 0 bridgehead atoms. The zero-order valence-electron chi connectivity index (χ0n) is 17.6. The van der Waals surface area contributed by atoms with Crippen molar-refractivity contribution in [2.24, 2.45) is 0 Å². The van der Waals surface area contributed by atoms with Crippen LogP contribution in [0.15, 0.2) is 78.9 Å². The highest BCUT2D eigenvalue weighted by atomic mass is 35.5. The van der Waals surface area contributed by atoms with Crippen molar-refractivity contribution < 1.29 is 18.8 Å². The number of hydrogen-bond acceptors (Lipinski definition) is 4. The molecule has 3 amide bonds. The summed E-state index contributed by atoms with van der Waals surface area (Å²) >= 11 is 11.4. The third-order valence-electron chi connectivity index (χ3n) is 5.06. The van der Waals surface area contributed by atoms with Gasteiger partial charge >= 0.3 is 0 Å². The molecule has 10 heteroatoms. The Balaban J connectivity index is 1.60. The SMILES string of the molecule is O=C(CC1C(=O)N(c2ccc(F)cc2)C(=S)N1NC(=O)c1ccc(Cl)cc1)Nc1ccccc1. The molecule has 7 nitrogen and oxygen atoms in total. The van der Waals surface area contributed by atoms with Crippen molar-refractivity contribution in [3.63, 3.8) is 0 Å². The third kappa shape index (κ3) is 5.05. The first-order valence-corrected chi connectivity index (χ1v) is 11.0. The predicted octanol–water partition coefficient (Wildman–Crippen LogP) is 4.16. The van der Waals surface area contributed by atoms with E-state index < -0.39 is 29.6 Å². The Bertz CT molecular complexity index is 1240. The molecule has 0 spiro atoms. The fraction of sp³-hybridized carbons (Fsp3) is 0.0833. The van der Waals surface area contributed by atoms with Crippen molar-refractivity contribution in [3.8, 4) is 0 Å². The zero-order valence-corrected chi connectivity index (χ0v) is 19.1. The lowest BCUT2D eigenvalue weighted by atomic mass is 10.1. The van der Waals surface area contributed by atoms with Gasteiger partial charge in [-0.15, -0.1) is 0 Å². The second-order valence-corrected chi connectivity index (χ2v) is 8.19. The smallest absolute Gasteiger partial charge is 0.269 e. The number of rotatable bonds is 6. The highest BCUT2D eigenvalue weighted by molar-refractivity contribution is 7.80. The van der Waals surface area contributed by atoms with Crippen LogP contribution in [0.1, 0.15) is 16.8 Å².